The maximum atomic E-state index is 15.0. The number of anilines is 1. The maximum Gasteiger partial charge on any atom is 0.264 e. The molecule has 4 aromatic carbocycles. The third-order valence-corrected chi connectivity index (χ3v) is 9.50. The van der Waals surface area contributed by atoms with Crippen LogP contribution in [0.5, 0.6) is 0 Å². The van der Waals surface area contributed by atoms with Crippen molar-refractivity contribution in [3.8, 4) is 0 Å². The van der Waals surface area contributed by atoms with E-state index in [2.05, 4.69) is 5.32 Å². The molecule has 0 bridgehead atoms. The van der Waals surface area contributed by atoms with Crippen LogP contribution in [0.1, 0.15) is 30.5 Å². The average Bonchev–Trinajstić information content (AvgIpc) is 3.03. The minimum Gasteiger partial charge on any atom is -0.354 e. The molecule has 0 spiro atoms. The Morgan fingerprint density at radius 2 is 1.51 bits per heavy atom. The summed E-state index contributed by atoms with van der Waals surface area (Å²) in [6, 6.07) is 26.6. The van der Waals surface area contributed by atoms with E-state index in [1.54, 1.807) is 49.4 Å². The highest BCUT2D eigenvalue weighted by molar-refractivity contribution is 7.92. The molecule has 0 saturated carbocycles. The fourth-order valence-corrected chi connectivity index (χ4v) is 6.37. The van der Waals surface area contributed by atoms with Gasteiger partial charge in [0, 0.05) is 30.1 Å². The van der Waals surface area contributed by atoms with Gasteiger partial charge >= 0.3 is 0 Å². The number of aryl methyl sites for hydroxylation is 1. The van der Waals surface area contributed by atoms with E-state index in [0.717, 1.165) is 15.4 Å². The van der Waals surface area contributed by atoms with Crippen LogP contribution >= 0.6 is 11.6 Å². The summed E-state index contributed by atoms with van der Waals surface area (Å²) in [6.07, 6.45) is 0.132. The Labute approximate surface area is 269 Å². The first kappa shape index (κ1) is 33.7. The van der Waals surface area contributed by atoms with Crippen molar-refractivity contribution in [2.45, 2.75) is 44.7 Å². The van der Waals surface area contributed by atoms with Crippen LogP contribution in [-0.4, -0.2) is 44.3 Å². The molecule has 1 atom stereocenters. The molecule has 0 aliphatic heterocycles. The number of rotatable bonds is 13. The molecule has 7 nitrogen and oxygen atoms in total. The molecule has 45 heavy (non-hydrogen) atoms. The van der Waals surface area contributed by atoms with Crippen LogP contribution in [-0.2, 0) is 32.6 Å². The standard InChI is InChI=1S/C35H37ClFN3O4S/c1-25(2)22-38-35(42)33(20-27-12-6-4-7-13-27)39(23-28-14-10-11-17-32(28)37)34(41)24-40(29-19-18-26(3)31(36)21-29)45(43,44)30-15-8-5-9-16-30/h4-19,21,25,33H,20,22-24H2,1-3H3,(H,38,42)/t33-/m1/s1. The van der Waals surface area contributed by atoms with Crippen LogP contribution in [0.15, 0.2) is 108 Å². The van der Waals surface area contributed by atoms with E-state index in [1.807, 2.05) is 44.2 Å². The van der Waals surface area contributed by atoms with Gasteiger partial charge in [0.15, 0.2) is 0 Å². The fraction of sp³-hybridized carbons (Fsp3) is 0.257. The average molecular weight is 650 g/mol. The van der Waals surface area contributed by atoms with Gasteiger partial charge in [0.1, 0.15) is 18.4 Å². The zero-order valence-electron chi connectivity index (χ0n) is 25.5. The SMILES string of the molecule is Cc1ccc(N(CC(=O)N(Cc2ccccc2F)[C@H](Cc2ccccc2)C(=O)NCC(C)C)S(=O)(=O)c2ccccc2)cc1Cl. The van der Waals surface area contributed by atoms with Crippen molar-refractivity contribution in [2.24, 2.45) is 5.92 Å². The van der Waals surface area contributed by atoms with Gasteiger partial charge in [-0.05, 0) is 54.3 Å². The molecule has 0 aliphatic carbocycles. The first-order chi connectivity index (χ1) is 21.5. The van der Waals surface area contributed by atoms with Crippen LogP contribution in [0.25, 0.3) is 0 Å². The minimum absolute atomic E-state index is 0.0225. The molecule has 0 aliphatic rings. The summed E-state index contributed by atoms with van der Waals surface area (Å²) >= 11 is 6.41. The van der Waals surface area contributed by atoms with Gasteiger partial charge < -0.3 is 10.2 Å². The first-order valence-electron chi connectivity index (χ1n) is 14.7. The van der Waals surface area contributed by atoms with Crippen molar-refractivity contribution in [3.05, 3.63) is 131 Å². The lowest BCUT2D eigenvalue weighted by molar-refractivity contribution is -0.140. The lowest BCUT2D eigenvalue weighted by atomic mass is 10.0. The molecule has 4 rings (SSSR count). The number of sulfonamides is 1. The summed E-state index contributed by atoms with van der Waals surface area (Å²) in [5.41, 5.74) is 1.89. The Balaban J connectivity index is 1.82. The number of hydrogen-bond donors (Lipinski definition) is 1. The topological polar surface area (TPSA) is 86.8 Å². The molecule has 4 aromatic rings. The van der Waals surface area contributed by atoms with Crippen molar-refractivity contribution in [3.63, 3.8) is 0 Å². The zero-order valence-corrected chi connectivity index (χ0v) is 27.1. The molecule has 2 amide bonds. The number of carbonyl (C=O) groups excluding carboxylic acids is 2. The second kappa shape index (κ2) is 15.2. The summed E-state index contributed by atoms with van der Waals surface area (Å²) in [5, 5.41) is 3.24. The summed E-state index contributed by atoms with van der Waals surface area (Å²) in [6.45, 7) is 5.14. The normalized spacial score (nSPS) is 12.0. The second-order valence-electron chi connectivity index (χ2n) is 11.2. The van der Waals surface area contributed by atoms with E-state index in [1.165, 1.54) is 35.2 Å². The van der Waals surface area contributed by atoms with Gasteiger partial charge in [-0.15, -0.1) is 0 Å². The van der Waals surface area contributed by atoms with Crippen LogP contribution in [0.4, 0.5) is 10.1 Å². The molecular weight excluding hydrogens is 613 g/mol. The lowest BCUT2D eigenvalue weighted by Gasteiger charge is -2.34. The number of benzene rings is 4. The van der Waals surface area contributed by atoms with E-state index < -0.39 is 40.2 Å². The molecule has 0 heterocycles. The largest absolute Gasteiger partial charge is 0.354 e. The highest BCUT2D eigenvalue weighted by Crippen LogP contribution is 2.29. The predicted octanol–water partition coefficient (Wildman–Crippen LogP) is 6.40. The van der Waals surface area contributed by atoms with Crippen molar-refractivity contribution in [2.75, 3.05) is 17.4 Å². The third-order valence-electron chi connectivity index (χ3n) is 7.31. The van der Waals surface area contributed by atoms with E-state index in [0.29, 0.717) is 11.6 Å². The van der Waals surface area contributed by atoms with Gasteiger partial charge in [0.05, 0.1) is 10.6 Å². The molecule has 0 saturated heterocycles. The fourth-order valence-electron chi connectivity index (χ4n) is 4.77. The number of halogens is 2. The summed E-state index contributed by atoms with van der Waals surface area (Å²) in [7, 11) is -4.27. The molecular formula is C35H37ClFN3O4S. The van der Waals surface area contributed by atoms with Crippen LogP contribution in [0, 0.1) is 18.7 Å². The molecule has 0 unspecified atom stereocenters. The van der Waals surface area contributed by atoms with Gasteiger partial charge in [-0.25, -0.2) is 12.8 Å². The monoisotopic (exact) mass is 649 g/mol. The quantitative estimate of drug-likeness (QED) is 0.182. The Hall–Kier alpha value is -4.21. The van der Waals surface area contributed by atoms with E-state index in [4.69, 9.17) is 11.6 Å². The first-order valence-corrected chi connectivity index (χ1v) is 16.5. The zero-order chi connectivity index (χ0) is 32.6. The number of hydrogen-bond acceptors (Lipinski definition) is 4. The summed E-state index contributed by atoms with van der Waals surface area (Å²) < 4.78 is 44.1. The van der Waals surface area contributed by atoms with E-state index >= 15 is 4.39 Å². The van der Waals surface area contributed by atoms with Crippen molar-refractivity contribution in [1.29, 1.82) is 0 Å². The van der Waals surface area contributed by atoms with E-state index in [-0.39, 0.29) is 35.0 Å². The summed E-state index contributed by atoms with van der Waals surface area (Å²) in [4.78, 5) is 29.5. The second-order valence-corrected chi connectivity index (χ2v) is 13.5. The summed E-state index contributed by atoms with van der Waals surface area (Å²) in [5.74, 6) is -1.52. The molecule has 236 valence electrons. The minimum atomic E-state index is -4.27. The Morgan fingerprint density at radius 1 is 0.889 bits per heavy atom. The van der Waals surface area contributed by atoms with E-state index in [9.17, 15) is 18.0 Å². The van der Waals surface area contributed by atoms with Gasteiger partial charge in [-0.1, -0.05) is 98.2 Å². The number of nitrogens with one attached hydrogen (secondary N) is 1. The van der Waals surface area contributed by atoms with Gasteiger partial charge in [0.25, 0.3) is 10.0 Å². The van der Waals surface area contributed by atoms with Crippen LogP contribution < -0.4 is 9.62 Å². The number of nitrogens with zero attached hydrogens (tertiary/aromatic N) is 2. The number of amides is 2. The highest BCUT2D eigenvalue weighted by atomic mass is 35.5. The molecule has 0 fully saturated rings. The van der Waals surface area contributed by atoms with Crippen molar-refractivity contribution >= 4 is 39.1 Å². The van der Waals surface area contributed by atoms with Gasteiger partial charge in [-0.3, -0.25) is 13.9 Å². The van der Waals surface area contributed by atoms with Crippen LogP contribution in [0.3, 0.4) is 0 Å². The maximum absolute atomic E-state index is 15.0. The Kier molecular flexibility index (Phi) is 11.4. The third kappa shape index (κ3) is 8.71. The Morgan fingerprint density at radius 3 is 2.13 bits per heavy atom. The molecule has 10 heteroatoms. The van der Waals surface area contributed by atoms with Gasteiger partial charge in [0.2, 0.25) is 11.8 Å². The highest BCUT2D eigenvalue weighted by Gasteiger charge is 2.35. The predicted molar refractivity (Wildman–Crippen MR) is 176 cm³/mol. The van der Waals surface area contributed by atoms with Crippen LogP contribution in [0.2, 0.25) is 5.02 Å². The van der Waals surface area contributed by atoms with Crippen molar-refractivity contribution in [1.82, 2.24) is 10.2 Å². The van der Waals surface area contributed by atoms with Crippen molar-refractivity contribution < 1.29 is 22.4 Å². The lowest BCUT2D eigenvalue weighted by Crippen LogP contribution is -2.53. The smallest absolute Gasteiger partial charge is 0.264 e. The molecule has 0 aromatic heterocycles. The molecule has 1 N–H and O–H groups in total. The van der Waals surface area contributed by atoms with Gasteiger partial charge in [-0.2, -0.15) is 0 Å². The molecule has 0 radical (unpaired) electrons. The number of carbonyl (C=O) groups is 2. The Bertz CT molecular complexity index is 1720.